The second kappa shape index (κ2) is 10.5. The maximum atomic E-state index is 10.3. The van der Waals surface area contributed by atoms with E-state index in [0.717, 1.165) is 6.08 Å². The Balaban J connectivity index is 0.000000443. The van der Waals surface area contributed by atoms with Crippen molar-refractivity contribution in [1.29, 1.82) is 0 Å². The van der Waals surface area contributed by atoms with Crippen molar-refractivity contribution in [2.45, 2.75) is 37.4 Å². The molecule has 2 aliphatic heterocycles. The zero-order valence-electron chi connectivity index (χ0n) is 12.6. The van der Waals surface area contributed by atoms with Crippen LogP contribution in [0.25, 0.3) is 10.6 Å². The molecular formula is C14H12CoN2O8-4. The van der Waals surface area contributed by atoms with E-state index in [0.29, 0.717) is 19.3 Å². The van der Waals surface area contributed by atoms with Gasteiger partial charge in [-0.3, -0.25) is 0 Å². The van der Waals surface area contributed by atoms with Gasteiger partial charge >= 0.3 is 16.8 Å². The molecule has 0 bridgehead atoms. The monoisotopic (exact) mass is 395 g/mol. The number of nitrogens with zero attached hydrogens (tertiary/aromatic N) is 2. The first-order valence-electron chi connectivity index (χ1n) is 6.85. The Kier molecular flexibility index (Phi) is 9.49. The summed E-state index contributed by atoms with van der Waals surface area (Å²) in [5.41, 5.74) is -0.383. The number of piperidine rings is 1. The van der Waals surface area contributed by atoms with Gasteiger partial charge in [0.15, 0.2) is 0 Å². The van der Waals surface area contributed by atoms with Gasteiger partial charge in [0.05, 0.1) is 0 Å². The van der Waals surface area contributed by atoms with E-state index in [-0.39, 0.29) is 22.5 Å². The van der Waals surface area contributed by atoms with Crippen molar-refractivity contribution in [1.82, 2.24) is 0 Å². The molecule has 2 rings (SSSR count). The zero-order valence-corrected chi connectivity index (χ0v) is 13.6. The zero-order chi connectivity index (χ0) is 18.3. The van der Waals surface area contributed by atoms with Gasteiger partial charge in [-0.2, -0.15) is 0 Å². The van der Waals surface area contributed by atoms with Crippen LogP contribution in [-0.4, -0.2) is 42.0 Å². The van der Waals surface area contributed by atoms with E-state index in [1.165, 1.54) is 12.2 Å². The average Bonchev–Trinajstić information content (AvgIpc) is 2.55. The molecule has 0 amide bonds. The summed E-state index contributed by atoms with van der Waals surface area (Å²) in [5, 5.41) is 47.9. The van der Waals surface area contributed by atoms with Gasteiger partial charge in [0, 0.05) is 23.9 Å². The summed E-state index contributed by atoms with van der Waals surface area (Å²) in [7, 11) is 0. The fourth-order valence-corrected chi connectivity index (χ4v) is 1.97. The van der Waals surface area contributed by atoms with Crippen LogP contribution in [0, 0.1) is 0 Å². The van der Waals surface area contributed by atoms with Crippen molar-refractivity contribution >= 4 is 23.9 Å². The molecule has 0 spiro atoms. The standard InChI is InChI=1S/C7H10NO4.C7H6NO4.Co/c2*9-6(10)4-2-1-3-5(8-4)7(11)12;/h4-5H,1-3H2,(H,9,10)(H,11,12);1-4H,(H,9,10)(H,11,12);/q2*-1;+2/p-4. The molecule has 0 saturated carbocycles. The normalized spacial score (nSPS) is 24.3. The number of hydrogen-bond acceptors (Lipinski definition) is 8. The average molecular weight is 395 g/mol. The van der Waals surface area contributed by atoms with Crippen LogP contribution in [0.2, 0.25) is 0 Å². The van der Waals surface area contributed by atoms with Crippen LogP contribution in [-0.2, 0) is 36.0 Å². The molecule has 1 fully saturated rings. The fourth-order valence-electron chi connectivity index (χ4n) is 1.97. The molecular weight excluding hydrogens is 383 g/mol. The van der Waals surface area contributed by atoms with Crippen molar-refractivity contribution in [2.75, 3.05) is 0 Å². The second-order valence-corrected chi connectivity index (χ2v) is 4.87. The molecule has 1 saturated heterocycles. The summed E-state index contributed by atoms with van der Waals surface area (Å²) < 4.78 is 0. The van der Waals surface area contributed by atoms with E-state index in [2.05, 4.69) is 10.6 Å². The number of carboxylic acids is 4. The molecule has 139 valence electrons. The Morgan fingerprint density at radius 2 is 1.44 bits per heavy atom. The molecule has 0 aliphatic carbocycles. The van der Waals surface area contributed by atoms with Gasteiger partial charge in [-0.05, 0) is 0 Å². The van der Waals surface area contributed by atoms with Crippen LogP contribution < -0.4 is 20.4 Å². The summed E-state index contributed by atoms with van der Waals surface area (Å²) in [6.45, 7) is 0. The van der Waals surface area contributed by atoms with Crippen molar-refractivity contribution in [3.63, 3.8) is 0 Å². The van der Waals surface area contributed by atoms with Crippen molar-refractivity contribution in [3.05, 3.63) is 34.6 Å². The van der Waals surface area contributed by atoms with Crippen molar-refractivity contribution < 1.29 is 56.4 Å². The number of allylic oxidation sites excluding steroid dienone is 2. The van der Waals surface area contributed by atoms with Crippen molar-refractivity contribution in [3.8, 4) is 0 Å². The summed E-state index contributed by atoms with van der Waals surface area (Å²) >= 11 is 0. The minimum Gasteiger partial charge on any atom is -0.672 e. The van der Waals surface area contributed by atoms with Crippen LogP contribution in [0.5, 0.6) is 0 Å². The minimum absolute atomic E-state index is 0. The Morgan fingerprint density at radius 1 is 0.920 bits per heavy atom. The van der Waals surface area contributed by atoms with Crippen molar-refractivity contribution in [2.24, 2.45) is 0 Å². The first kappa shape index (κ1) is 22.6. The largest absolute Gasteiger partial charge is 2.00 e. The molecule has 0 aromatic heterocycles. The predicted molar refractivity (Wildman–Crippen MR) is 69.2 cm³/mol. The Morgan fingerprint density at radius 3 is 1.84 bits per heavy atom. The smallest absolute Gasteiger partial charge is 0.672 e. The fraction of sp³-hybridized carbons (Fsp3) is 0.429. The van der Waals surface area contributed by atoms with Crippen LogP contribution in [0.3, 0.4) is 0 Å². The molecule has 1 radical (unpaired) electrons. The Hall–Kier alpha value is -2.37. The summed E-state index contributed by atoms with van der Waals surface area (Å²) in [5.74, 6) is -5.54. The number of hydrogen-bond donors (Lipinski definition) is 0. The van der Waals surface area contributed by atoms with Crippen LogP contribution in [0.1, 0.15) is 19.3 Å². The van der Waals surface area contributed by atoms with E-state index in [1.807, 2.05) is 0 Å². The molecule has 10 nitrogen and oxygen atoms in total. The molecule has 3 atom stereocenters. The van der Waals surface area contributed by atoms with Gasteiger partial charge in [0.2, 0.25) is 0 Å². The minimum atomic E-state index is -1.49. The molecule has 0 N–H and O–H groups in total. The van der Waals surface area contributed by atoms with Gasteiger partial charge in [-0.1, -0.05) is 55.6 Å². The Bertz CT molecular complexity index is 569. The third-order valence-electron chi connectivity index (χ3n) is 3.14. The van der Waals surface area contributed by atoms with Gasteiger partial charge in [0.1, 0.15) is 0 Å². The van der Waals surface area contributed by atoms with E-state index in [9.17, 15) is 39.6 Å². The summed E-state index contributed by atoms with van der Waals surface area (Å²) in [4.78, 5) is 41.0. The number of rotatable bonds is 4. The molecule has 0 aromatic carbocycles. The Labute approximate surface area is 152 Å². The predicted octanol–water partition coefficient (Wildman–Crippen LogP) is -4.54. The first-order chi connectivity index (χ1) is 11.2. The molecule has 0 aromatic rings. The van der Waals surface area contributed by atoms with Crippen LogP contribution >= 0.6 is 0 Å². The maximum Gasteiger partial charge on any atom is 2.00 e. The van der Waals surface area contributed by atoms with E-state index < -0.39 is 42.0 Å². The number of carboxylic acid groups (broad SMARTS) is 4. The van der Waals surface area contributed by atoms with Crippen LogP contribution in [0.4, 0.5) is 0 Å². The third-order valence-corrected chi connectivity index (χ3v) is 3.14. The van der Waals surface area contributed by atoms with Crippen LogP contribution in [0.15, 0.2) is 23.9 Å². The molecule has 11 heteroatoms. The van der Waals surface area contributed by atoms with E-state index in [1.54, 1.807) is 0 Å². The molecule has 25 heavy (non-hydrogen) atoms. The van der Waals surface area contributed by atoms with Gasteiger partial charge in [-0.15, -0.1) is 5.70 Å². The number of carbonyl (C=O) groups is 4. The van der Waals surface area contributed by atoms with E-state index >= 15 is 0 Å². The number of carbonyl (C=O) groups excluding carboxylic acids is 4. The van der Waals surface area contributed by atoms with E-state index in [4.69, 9.17) is 0 Å². The third kappa shape index (κ3) is 7.37. The number of aliphatic carboxylic acids is 4. The quantitative estimate of drug-likeness (QED) is 0.455. The summed E-state index contributed by atoms with van der Waals surface area (Å²) in [6, 6.07) is -3.16. The topological polar surface area (TPSA) is 189 Å². The summed E-state index contributed by atoms with van der Waals surface area (Å²) in [6.07, 6.45) is 4.95. The van der Waals surface area contributed by atoms with Gasteiger partial charge < -0.3 is 50.2 Å². The molecule has 2 heterocycles. The maximum absolute atomic E-state index is 10.3. The SMILES string of the molecule is O=C([O-])C1=CC=CC(C(=O)[O-])[N-]1.O=C([O-])C1CCCC(C(=O)[O-])[N-]1.[Co+2]. The van der Waals surface area contributed by atoms with Gasteiger partial charge in [-0.25, -0.2) is 0 Å². The molecule has 2 aliphatic rings. The molecule has 3 unspecified atom stereocenters. The first-order valence-corrected chi connectivity index (χ1v) is 6.85. The van der Waals surface area contributed by atoms with Gasteiger partial charge in [0.25, 0.3) is 0 Å². The second-order valence-electron chi connectivity index (χ2n) is 4.87.